The molecule has 2 aromatic rings. The van der Waals surface area contributed by atoms with Crippen LogP contribution in [0.4, 0.5) is 0 Å². The molecule has 0 aliphatic heterocycles. The Hall–Kier alpha value is -1.98. The zero-order valence-electron chi connectivity index (χ0n) is 16.9. The number of nitrogens with zero attached hydrogens (tertiary/aromatic N) is 1. The second-order valence-electron chi connectivity index (χ2n) is 7.18. The first-order valence-electron chi connectivity index (χ1n) is 9.97. The minimum Gasteiger partial charge on any atom is -0.372 e. The van der Waals surface area contributed by atoms with Crippen molar-refractivity contribution < 1.29 is 4.74 Å². The smallest absolute Gasteiger partial charge is 0.191 e. The van der Waals surface area contributed by atoms with Crippen molar-refractivity contribution in [1.29, 1.82) is 0 Å². The molecule has 5 heteroatoms. The molecule has 0 amide bonds. The van der Waals surface area contributed by atoms with Crippen LogP contribution in [-0.4, -0.2) is 30.6 Å². The van der Waals surface area contributed by atoms with E-state index in [1.807, 2.05) is 37.0 Å². The Morgan fingerprint density at radius 3 is 2.50 bits per heavy atom. The van der Waals surface area contributed by atoms with Gasteiger partial charge < -0.3 is 15.4 Å². The number of thioether (sulfide) groups is 1. The number of aliphatic imine (C=N–C) groups is 1. The van der Waals surface area contributed by atoms with Crippen molar-refractivity contribution >= 4 is 17.7 Å². The molecule has 2 unspecified atom stereocenters. The van der Waals surface area contributed by atoms with Gasteiger partial charge in [-0.25, -0.2) is 0 Å². The summed E-state index contributed by atoms with van der Waals surface area (Å²) in [5, 5.41) is 7.83. The minimum absolute atomic E-state index is 0.521. The summed E-state index contributed by atoms with van der Waals surface area (Å²) in [5.74, 6) is 0.881. The Balaban J connectivity index is 1.49. The standard InChI is InChI=1S/C23H31N3OS/c1-24-23(26-21-12-13-22(14-21)28-2)25-15-19-10-6-7-11-20(19)17-27-16-18-8-4-3-5-9-18/h3-11,21-22H,12-17H2,1-2H3,(H2,24,25,26). The maximum atomic E-state index is 5.94. The molecule has 0 heterocycles. The van der Waals surface area contributed by atoms with Crippen molar-refractivity contribution in [3.05, 3.63) is 71.3 Å². The summed E-state index contributed by atoms with van der Waals surface area (Å²) in [6.45, 7) is 1.98. The minimum atomic E-state index is 0.521. The lowest BCUT2D eigenvalue weighted by atomic mass is 10.1. The van der Waals surface area contributed by atoms with Crippen LogP contribution in [0, 0.1) is 0 Å². The highest BCUT2D eigenvalue weighted by atomic mass is 32.2. The zero-order chi connectivity index (χ0) is 19.6. The summed E-state index contributed by atoms with van der Waals surface area (Å²) in [5.41, 5.74) is 3.65. The van der Waals surface area contributed by atoms with Crippen molar-refractivity contribution in [3.63, 3.8) is 0 Å². The van der Waals surface area contributed by atoms with Crippen LogP contribution >= 0.6 is 11.8 Å². The molecule has 1 fully saturated rings. The Morgan fingerprint density at radius 2 is 1.79 bits per heavy atom. The molecule has 2 N–H and O–H groups in total. The molecular formula is C23H31N3OS. The predicted molar refractivity (Wildman–Crippen MR) is 120 cm³/mol. The van der Waals surface area contributed by atoms with E-state index in [0.29, 0.717) is 19.3 Å². The molecule has 1 aliphatic rings. The van der Waals surface area contributed by atoms with Gasteiger partial charge in [0.2, 0.25) is 0 Å². The van der Waals surface area contributed by atoms with Gasteiger partial charge in [0.25, 0.3) is 0 Å². The molecule has 1 saturated carbocycles. The van der Waals surface area contributed by atoms with Crippen molar-refractivity contribution in [2.24, 2.45) is 4.99 Å². The number of nitrogens with one attached hydrogen (secondary N) is 2. The average Bonchev–Trinajstić information content (AvgIpc) is 3.20. The van der Waals surface area contributed by atoms with Gasteiger partial charge in [-0.15, -0.1) is 0 Å². The molecule has 2 atom stereocenters. The van der Waals surface area contributed by atoms with Crippen LogP contribution in [0.5, 0.6) is 0 Å². The maximum absolute atomic E-state index is 5.94. The molecule has 1 aliphatic carbocycles. The average molecular weight is 398 g/mol. The van der Waals surface area contributed by atoms with Crippen LogP contribution in [0.15, 0.2) is 59.6 Å². The number of rotatable bonds is 8. The highest BCUT2D eigenvalue weighted by Crippen LogP contribution is 2.28. The summed E-state index contributed by atoms with van der Waals surface area (Å²) >= 11 is 1.97. The molecule has 0 saturated heterocycles. The van der Waals surface area contributed by atoms with Crippen LogP contribution in [0.1, 0.15) is 36.0 Å². The summed E-state index contributed by atoms with van der Waals surface area (Å²) in [4.78, 5) is 4.41. The van der Waals surface area contributed by atoms with Gasteiger partial charge in [-0.1, -0.05) is 54.6 Å². The summed E-state index contributed by atoms with van der Waals surface area (Å²) < 4.78 is 5.94. The van der Waals surface area contributed by atoms with Gasteiger partial charge in [0.05, 0.1) is 13.2 Å². The Labute approximate surface area is 173 Å². The molecule has 4 nitrogen and oxygen atoms in total. The second-order valence-corrected chi connectivity index (χ2v) is 8.32. The van der Waals surface area contributed by atoms with Crippen LogP contribution in [0.2, 0.25) is 0 Å². The van der Waals surface area contributed by atoms with Gasteiger partial charge in [0.15, 0.2) is 5.96 Å². The van der Waals surface area contributed by atoms with Gasteiger partial charge >= 0.3 is 0 Å². The molecule has 0 spiro atoms. The first kappa shape index (κ1) is 20.7. The molecular weight excluding hydrogens is 366 g/mol. The van der Waals surface area contributed by atoms with E-state index in [4.69, 9.17) is 4.74 Å². The van der Waals surface area contributed by atoms with Gasteiger partial charge in [-0.05, 0) is 42.2 Å². The highest BCUT2D eigenvalue weighted by Gasteiger charge is 2.24. The lowest BCUT2D eigenvalue weighted by molar-refractivity contribution is 0.106. The fourth-order valence-corrected chi connectivity index (χ4v) is 4.37. The Kier molecular flexibility index (Phi) is 8.24. The SMILES string of the molecule is CN=C(NCc1ccccc1COCc1ccccc1)NC1CCC(SC)C1. The highest BCUT2D eigenvalue weighted by molar-refractivity contribution is 7.99. The van der Waals surface area contributed by atoms with Gasteiger partial charge in [-0.2, -0.15) is 11.8 Å². The number of hydrogen-bond donors (Lipinski definition) is 2. The van der Waals surface area contributed by atoms with Crippen LogP contribution in [0.25, 0.3) is 0 Å². The first-order chi connectivity index (χ1) is 13.8. The van der Waals surface area contributed by atoms with Crippen molar-refractivity contribution in [1.82, 2.24) is 10.6 Å². The monoisotopic (exact) mass is 397 g/mol. The van der Waals surface area contributed by atoms with E-state index < -0.39 is 0 Å². The van der Waals surface area contributed by atoms with E-state index in [1.54, 1.807) is 0 Å². The molecule has 0 radical (unpaired) electrons. The van der Waals surface area contributed by atoms with Crippen molar-refractivity contribution in [2.45, 2.75) is 50.3 Å². The largest absolute Gasteiger partial charge is 0.372 e. The molecule has 28 heavy (non-hydrogen) atoms. The normalized spacial score (nSPS) is 19.6. The topological polar surface area (TPSA) is 45.7 Å². The fraction of sp³-hybridized carbons (Fsp3) is 0.435. The molecule has 150 valence electrons. The van der Waals surface area contributed by atoms with E-state index >= 15 is 0 Å². The second kappa shape index (κ2) is 11.1. The van der Waals surface area contributed by atoms with Crippen molar-refractivity contribution in [2.75, 3.05) is 13.3 Å². The van der Waals surface area contributed by atoms with Crippen LogP contribution < -0.4 is 10.6 Å². The molecule has 0 bridgehead atoms. The number of benzene rings is 2. The third kappa shape index (κ3) is 6.28. The Morgan fingerprint density at radius 1 is 1.04 bits per heavy atom. The van der Waals surface area contributed by atoms with E-state index in [0.717, 1.165) is 17.8 Å². The number of guanidine groups is 1. The van der Waals surface area contributed by atoms with E-state index in [2.05, 4.69) is 58.3 Å². The Bertz CT molecular complexity index is 751. The fourth-order valence-electron chi connectivity index (χ4n) is 3.58. The number of ether oxygens (including phenoxy) is 1. The van der Waals surface area contributed by atoms with Gasteiger partial charge in [-0.3, -0.25) is 4.99 Å². The quantitative estimate of drug-likeness (QED) is 0.513. The van der Waals surface area contributed by atoms with Gasteiger partial charge in [0, 0.05) is 24.9 Å². The summed E-state index contributed by atoms with van der Waals surface area (Å²) in [6, 6.07) is 19.3. The summed E-state index contributed by atoms with van der Waals surface area (Å²) in [7, 11) is 1.84. The maximum Gasteiger partial charge on any atom is 0.191 e. The van der Waals surface area contributed by atoms with E-state index in [9.17, 15) is 0 Å². The van der Waals surface area contributed by atoms with Crippen LogP contribution in [0.3, 0.4) is 0 Å². The third-order valence-corrected chi connectivity index (χ3v) is 6.31. The van der Waals surface area contributed by atoms with Gasteiger partial charge in [0.1, 0.15) is 0 Å². The lowest BCUT2D eigenvalue weighted by Crippen LogP contribution is -2.42. The number of hydrogen-bond acceptors (Lipinski definition) is 3. The summed E-state index contributed by atoms with van der Waals surface area (Å²) in [6.07, 6.45) is 5.93. The van der Waals surface area contributed by atoms with Crippen molar-refractivity contribution in [3.8, 4) is 0 Å². The van der Waals surface area contributed by atoms with E-state index in [1.165, 1.54) is 36.0 Å². The predicted octanol–water partition coefficient (Wildman–Crippen LogP) is 4.35. The van der Waals surface area contributed by atoms with E-state index in [-0.39, 0.29) is 0 Å². The molecule has 0 aromatic heterocycles. The first-order valence-corrected chi connectivity index (χ1v) is 11.3. The molecule has 2 aromatic carbocycles. The zero-order valence-corrected chi connectivity index (χ0v) is 17.7. The third-order valence-electron chi connectivity index (χ3n) is 5.22. The van der Waals surface area contributed by atoms with Crippen LogP contribution in [-0.2, 0) is 24.5 Å². The lowest BCUT2D eigenvalue weighted by Gasteiger charge is -2.18. The molecule has 3 rings (SSSR count).